The summed E-state index contributed by atoms with van der Waals surface area (Å²) >= 11 is 5.97. The number of anilines is 2. The van der Waals surface area contributed by atoms with Crippen LogP contribution in [-0.2, 0) is 14.8 Å². The Labute approximate surface area is 230 Å². The predicted molar refractivity (Wildman–Crippen MR) is 153 cm³/mol. The Morgan fingerprint density at radius 1 is 0.974 bits per heavy atom. The van der Waals surface area contributed by atoms with Gasteiger partial charge in [-0.2, -0.15) is 0 Å². The highest BCUT2D eigenvalue weighted by Gasteiger charge is 2.28. The summed E-state index contributed by atoms with van der Waals surface area (Å²) in [6.07, 6.45) is 3.69. The largest absolute Gasteiger partial charge is 0.494 e. The van der Waals surface area contributed by atoms with Gasteiger partial charge in [-0.25, -0.2) is 8.42 Å². The first-order chi connectivity index (χ1) is 18.3. The van der Waals surface area contributed by atoms with E-state index in [0.717, 1.165) is 23.0 Å². The third-order valence-corrected chi connectivity index (χ3v) is 8.66. The minimum Gasteiger partial charge on any atom is -0.494 e. The van der Waals surface area contributed by atoms with E-state index in [1.165, 1.54) is 49.2 Å². The number of ether oxygens (including phenoxy) is 1. The van der Waals surface area contributed by atoms with Gasteiger partial charge in [-0.05, 0) is 99.3 Å². The molecule has 3 aromatic rings. The molecular formula is C29H34ClN3O4S. The average molecular weight is 556 g/mol. The predicted octanol–water partition coefficient (Wildman–Crippen LogP) is 5.80. The number of amides is 1. The molecule has 0 spiro atoms. The molecule has 3 aromatic carbocycles. The van der Waals surface area contributed by atoms with Crippen LogP contribution in [0.2, 0.25) is 5.02 Å². The van der Waals surface area contributed by atoms with E-state index in [9.17, 15) is 13.2 Å². The topological polar surface area (TPSA) is 79.0 Å². The molecule has 1 unspecified atom stereocenters. The third-order valence-electron chi connectivity index (χ3n) is 6.62. The van der Waals surface area contributed by atoms with Gasteiger partial charge in [-0.3, -0.25) is 9.10 Å². The SMILES string of the molecule is CCOc1ccc(N(CC(=O)NC(C)c2ccc(N3CCCCC3)cc2)S(=O)(=O)c2ccc(Cl)cc2)cc1. The van der Waals surface area contributed by atoms with Crippen LogP contribution in [0.3, 0.4) is 0 Å². The summed E-state index contributed by atoms with van der Waals surface area (Å²) in [6.45, 7) is 6.01. The van der Waals surface area contributed by atoms with Crippen LogP contribution < -0.4 is 19.3 Å². The molecule has 0 saturated carbocycles. The Hall–Kier alpha value is -3.23. The highest BCUT2D eigenvalue weighted by Crippen LogP contribution is 2.27. The van der Waals surface area contributed by atoms with Gasteiger partial charge in [-0.1, -0.05) is 23.7 Å². The minimum absolute atomic E-state index is 0.0462. The number of rotatable bonds is 10. The average Bonchev–Trinajstić information content (AvgIpc) is 2.93. The van der Waals surface area contributed by atoms with Gasteiger partial charge in [0.25, 0.3) is 10.0 Å². The van der Waals surface area contributed by atoms with Crippen molar-refractivity contribution in [3.63, 3.8) is 0 Å². The van der Waals surface area contributed by atoms with Crippen molar-refractivity contribution in [1.82, 2.24) is 5.32 Å². The zero-order valence-electron chi connectivity index (χ0n) is 21.8. The lowest BCUT2D eigenvalue weighted by atomic mass is 10.1. The second-order valence-corrected chi connectivity index (χ2v) is 11.6. The molecule has 1 heterocycles. The maximum absolute atomic E-state index is 13.6. The number of sulfonamides is 1. The van der Waals surface area contributed by atoms with Gasteiger partial charge in [-0.15, -0.1) is 0 Å². The number of carbonyl (C=O) groups excluding carboxylic acids is 1. The van der Waals surface area contributed by atoms with Crippen molar-refractivity contribution >= 4 is 38.9 Å². The van der Waals surface area contributed by atoms with Gasteiger partial charge in [0.2, 0.25) is 5.91 Å². The van der Waals surface area contributed by atoms with Gasteiger partial charge in [0.1, 0.15) is 12.3 Å². The quantitative estimate of drug-likeness (QED) is 0.342. The van der Waals surface area contributed by atoms with Crippen LogP contribution in [0.25, 0.3) is 0 Å². The zero-order valence-corrected chi connectivity index (χ0v) is 23.3. The van der Waals surface area contributed by atoms with Crippen LogP contribution in [0.15, 0.2) is 77.7 Å². The van der Waals surface area contributed by atoms with E-state index < -0.39 is 15.9 Å². The number of hydrogen-bond acceptors (Lipinski definition) is 5. The Morgan fingerprint density at radius 3 is 2.21 bits per heavy atom. The number of nitrogens with zero attached hydrogens (tertiary/aromatic N) is 2. The van der Waals surface area contributed by atoms with E-state index in [4.69, 9.17) is 16.3 Å². The Kier molecular flexibility index (Phi) is 9.17. The van der Waals surface area contributed by atoms with Crippen molar-refractivity contribution in [2.75, 3.05) is 35.4 Å². The van der Waals surface area contributed by atoms with Crippen LogP contribution in [0.1, 0.15) is 44.7 Å². The summed E-state index contributed by atoms with van der Waals surface area (Å²) in [5.41, 5.74) is 2.49. The first kappa shape index (κ1) is 27.8. The number of benzene rings is 3. The van der Waals surface area contributed by atoms with Crippen LogP contribution in [-0.4, -0.2) is 40.6 Å². The summed E-state index contributed by atoms with van der Waals surface area (Å²) in [7, 11) is -4.04. The van der Waals surface area contributed by atoms with E-state index in [-0.39, 0.29) is 17.5 Å². The normalized spacial score (nSPS) is 14.6. The molecule has 0 aliphatic carbocycles. The van der Waals surface area contributed by atoms with Crippen LogP contribution >= 0.6 is 11.6 Å². The molecule has 4 rings (SSSR count). The lowest BCUT2D eigenvalue weighted by molar-refractivity contribution is -0.120. The molecule has 9 heteroatoms. The maximum Gasteiger partial charge on any atom is 0.264 e. The van der Waals surface area contributed by atoms with Gasteiger partial charge in [0.15, 0.2) is 0 Å². The van der Waals surface area contributed by atoms with Crippen molar-refractivity contribution < 1.29 is 17.9 Å². The number of hydrogen-bond donors (Lipinski definition) is 1. The molecular weight excluding hydrogens is 522 g/mol. The minimum atomic E-state index is -4.04. The molecule has 1 aliphatic heterocycles. The standard InChI is InChI=1S/C29H34ClN3O4S/c1-3-37-27-15-13-26(14-16-27)33(38(35,36)28-17-9-24(30)10-18-28)21-29(34)31-22(2)23-7-11-25(12-8-23)32-19-5-4-6-20-32/h7-18,22H,3-6,19-21H2,1-2H3,(H,31,34). The van der Waals surface area contributed by atoms with Crippen molar-refractivity contribution in [3.8, 4) is 5.75 Å². The van der Waals surface area contributed by atoms with E-state index in [0.29, 0.717) is 23.1 Å². The lowest BCUT2D eigenvalue weighted by Crippen LogP contribution is -2.41. The molecule has 38 heavy (non-hydrogen) atoms. The summed E-state index contributed by atoms with van der Waals surface area (Å²) in [5.74, 6) is 0.204. The monoisotopic (exact) mass is 555 g/mol. The van der Waals surface area contributed by atoms with Crippen LogP contribution in [0, 0.1) is 0 Å². The molecule has 202 valence electrons. The van der Waals surface area contributed by atoms with Crippen molar-refractivity contribution in [1.29, 1.82) is 0 Å². The fraction of sp³-hybridized carbons (Fsp3) is 0.345. The molecule has 0 radical (unpaired) electrons. The number of nitrogens with one attached hydrogen (secondary N) is 1. The molecule has 1 N–H and O–H groups in total. The smallest absolute Gasteiger partial charge is 0.264 e. The van der Waals surface area contributed by atoms with E-state index in [1.807, 2.05) is 26.0 Å². The van der Waals surface area contributed by atoms with Crippen LogP contribution in [0.5, 0.6) is 5.75 Å². The molecule has 1 atom stereocenters. The fourth-order valence-electron chi connectivity index (χ4n) is 4.55. The van der Waals surface area contributed by atoms with E-state index in [2.05, 4.69) is 22.3 Å². The third kappa shape index (κ3) is 6.79. The Balaban J connectivity index is 1.51. The molecule has 1 aliphatic rings. The molecule has 1 fully saturated rings. The summed E-state index contributed by atoms with van der Waals surface area (Å²) in [4.78, 5) is 15.6. The molecule has 1 saturated heterocycles. The second-order valence-electron chi connectivity index (χ2n) is 9.32. The molecule has 0 bridgehead atoms. The molecule has 0 aromatic heterocycles. The summed E-state index contributed by atoms with van der Waals surface area (Å²) in [6, 6.07) is 20.4. The van der Waals surface area contributed by atoms with Gasteiger partial charge < -0.3 is 15.0 Å². The van der Waals surface area contributed by atoms with Crippen molar-refractivity contribution in [3.05, 3.63) is 83.4 Å². The Bertz CT molecular complexity index is 1310. The fourth-order valence-corrected chi connectivity index (χ4v) is 6.10. The molecule has 1 amide bonds. The number of piperidine rings is 1. The number of halogens is 1. The van der Waals surface area contributed by atoms with Gasteiger partial charge in [0.05, 0.1) is 23.2 Å². The molecule has 7 nitrogen and oxygen atoms in total. The van der Waals surface area contributed by atoms with Gasteiger partial charge >= 0.3 is 0 Å². The highest BCUT2D eigenvalue weighted by molar-refractivity contribution is 7.92. The highest BCUT2D eigenvalue weighted by atomic mass is 35.5. The number of carbonyl (C=O) groups is 1. The zero-order chi connectivity index (χ0) is 27.1. The van der Waals surface area contributed by atoms with Gasteiger partial charge in [0, 0.05) is 23.8 Å². The van der Waals surface area contributed by atoms with E-state index >= 15 is 0 Å². The summed E-state index contributed by atoms with van der Waals surface area (Å²) < 4.78 is 33.8. The Morgan fingerprint density at radius 2 is 1.61 bits per heavy atom. The first-order valence-corrected chi connectivity index (χ1v) is 14.7. The summed E-state index contributed by atoms with van der Waals surface area (Å²) in [5, 5.41) is 3.38. The first-order valence-electron chi connectivity index (χ1n) is 12.9. The second kappa shape index (κ2) is 12.5. The van der Waals surface area contributed by atoms with Crippen molar-refractivity contribution in [2.24, 2.45) is 0 Å². The van der Waals surface area contributed by atoms with Crippen molar-refractivity contribution in [2.45, 2.75) is 44.0 Å². The maximum atomic E-state index is 13.6. The van der Waals surface area contributed by atoms with Crippen LogP contribution in [0.4, 0.5) is 11.4 Å². The lowest BCUT2D eigenvalue weighted by Gasteiger charge is -2.29. The van der Waals surface area contributed by atoms with E-state index in [1.54, 1.807) is 24.3 Å².